The Bertz CT molecular complexity index is 387. The number of carbonyl (C=O) groups is 3. The number of amides is 2. The van der Waals surface area contributed by atoms with Crippen LogP contribution in [0.3, 0.4) is 0 Å². The lowest BCUT2D eigenvalue weighted by atomic mass is 9.97. The third kappa shape index (κ3) is 5.59. The Morgan fingerprint density at radius 1 is 1.25 bits per heavy atom. The Morgan fingerprint density at radius 2 is 1.90 bits per heavy atom. The molecule has 0 spiro atoms. The van der Waals surface area contributed by atoms with E-state index in [1.165, 1.54) is 0 Å². The molecule has 0 bridgehead atoms. The van der Waals surface area contributed by atoms with E-state index in [0.717, 1.165) is 12.8 Å². The summed E-state index contributed by atoms with van der Waals surface area (Å²) in [5, 5.41) is 0. The van der Waals surface area contributed by atoms with Crippen LogP contribution in [0, 0.1) is 5.92 Å². The first-order valence-corrected chi connectivity index (χ1v) is 6.98. The minimum Gasteiger partial charge on any atom is -0.460 e. The van der Waals surface area contributed by atoms with Crippen LogP contribution in [0.1, 0.15) is 46.5 Å². The maximum atomic E-state index is 12.0. The predicted molar refractivity (Wildman–Crippen MR) is 73.6 cm³/mol. The Morgan fingerprint density at radius 3 is 2.45 bits per heavy atom. The van der Waals surface area contributed by atoms with Gasteiger partial charge in [-0.3, -0.25) is 14.4 Å². The molecule has 20 heavy (non-hydrogen) atoms. The fourth-order valence-corrected chi connectivity index (χ4v) is 2.20. The molecule has 114 valence electrons. The van der Waals surface area contributed by atoms with Gasteiger partial charge in [0.05, 0.1) is 12.3 Å². The number of hydrogen-bond donors (Lipinski definition) is 1. The lowest BCUT2D eigenvalue weighted by Crippen LogP contribution is -2.44. The molecule has 0 aliphatic carbocycles. The van der Waals surface area contributed by atoms with Gasteiger partial charge in [0.2, 0.25) is 11.8 Å². The minimum atomic E-state index is -0.539. The zero-order chi connectivity index (χ0) is 15.3. The van der Waals surface area contributed by atoms with Crippen LogP contribution in [0.15, 0.2) is 0 Å². The molecule has 0 aromatic rings. The Balaban J connectivity index is 2.39. The molecule has 6 nitrogen and oxygen atoms in total. The summed E-state index contributed by atoms with van der Waals surface area (Å²) < 4.78 is 5.15. The van der Waals surface area contributed by atoms with Gasteiger partial charge in [0.1, 0.15) is 5.60 Å². The highest BCUT2D eigenvalue weighted by molar-refractivity contribution is 5.83. The van der Waals surface area contributed by atoms with E-state index in [1.807, 2.05) is 0 Å². The molecular weight excluding hydrogens is 260 g/mol. The van der Waals surface area contributed by atoms with E-state index < -0.39 is 5.60 Å². The Labute approximate surface area is 119 Å². The van der Waals surface area contributed by atoms with Gasteiger partial charge < -0.3 is 15.4 Å². The summed E-state index contributed by atoms with van der Waals surface area (Å²) in [6, 6.07) is 0. The second-order valence-corrected chi connectivity index (χ2v) is 6.17. The van der Waals surface area contributed by atoms with Crippen LogP contribution in [-0.2, 0) is 19.1 Å². The van der Waals surface area contributed by atoms with E-state index in [9.17, 15) is 14.4 Å². The molecule has 2 amide bonds. The van der Waals surface area contributed by atoms with Gasteiger partial charge in [-0.1, -0.05) is 0 Å². The molecule has 1 saturated heterocycles. The zero-order valence-electron chi connectivity index (χ0n) is 12.5. The van der Waals surface area contributed by atoms with Gasteiger partial charge in [0.15, 0.2) is 0 Å². The van der Waals surface area contributed by atoms with Gasteiger partial charge in [0, 0.05) is 19.5 Å². The standard InChI is InChI=1S/C14H24N2O4/c1-14(2,3)20-12(18)7-6-11(17)16-8-4-5-10(9-16)13(15)19/h10H,4-9H2,1-3H3,(H2,15,19). The lowest BCUT2D eigenvalue weighted by Gasteiger charge is -2.31. The van der Waals surface area contributed by atoms with Crippen LogP contribution < -0.4 is 5.73 Å². The van der Waals surface area contributed by atoms with Gasteiger partial charge in [-0.15, -0.1) is 0 Å². The topological polar surface area (TPSA) is 89.7 Å². The van der Waals surface area contributed by atoms with Gasteiger partial charge in [-0.05, 0) is 33.6 Å². The molecule has 2 N–H and O–H groups in total. The van der Waals surface area contributed by atoms with Crippen molar-refractivity contribution < 1.29 is 19.1 Å². The lowest BCUT2D eigenvalue weighted by molar-refractivity contribution is -0.156. The summed E-state index contributed by atoms with van der Waals surface area (Å²) in [6.45, 7) is 6.35. The average molecular weight is 284 g/mol. The number of nitrogens with zero attached hydrogens (tertiary/aromatic N) is 1. The van der Waals surface area contributed by atoms with Crippen molar-refractivity contribution in [1.29, 1.82) is 0 Å². The number of rotatable bonds is 4. The van der Waals surface area contributed by atoms with Crippen LogP contribution in [0.25, 0.3) is 0 Å². The zero-order valence-corrected chi connectivity index (χ0v) is 12.5. The number of primary amides is 1. The summed E-state index contributed by atoms with van der Waals surface area (Å²) in [4.78, 5) is 36.3. The van der Waals surface area contributed by atoms with E-state index in [2.05, 4.69) is 0 Å². The van der Waals surface area contributed by atoms with Crippen LogP contribution in [0.2, 0.25) is 0 Å². The first-order chi connectivity index (χ1) is 9.19. The summed E-state index contributed by atoms with van der Waals surface area (Å²) in [5.41, 5.74) is 4.73. The molecule has 1 rings (SSSR count). The normalized spacial score (nSPS) is 19.6. The smallest absolute Gasteiger partial charge is 0.306 e. The summed E-state index contributed by atoms with van der Waals surface area (Å²) in [7, 11) is 0. The molecule has 1 heterocycles. The number of esters is 1. The highest BCUT2D eigenvalue weighted by atomic mass is 16.6. The Kier molecular flexibility index (Phi) is 5.53. The molecule has 6 heteroatoms. The van der Waals surface area contributed by atoms with Crippen molar-refractivity contribution in [2.75, 3.05) is 13.1 Å². The summed E-state index contributed by atoms with van der Waals surface area (Å²) in [6.07, 6.45) is 1.67. The van der Waals surface area contributed by atoms with Crippen molar-refractivity contribution in [3.63, 3.8) is 0 Å². The molecule has 0 aromatic carbocycles. The van der Waals surface area contributed by atoms with Crippen molar-refractivity contribution in [3.05, 3.63) is 0 Å². The van der Waals surface area contributed by atoms with E-state index in [4.69, 9.17) is 10.5 Å². The van der Waals surface area contributed by atoms with Gasteiger partial charge in [0.25, 0.3) is 0 Å². The summed E-state index contributed by atoms with van der Waals surface area (Å²) >= 11 is 0. The molecule has 1 aliphatic heterocycles. The van der Waals surface area contributed by atoms with Crippen molar-refractivity contribution in [3.8, 4) is 0 Å². The quantitative estimate of drug-likeness (QED) is 0.774. The fraction of sp³-hybridized carbons (Fsp3) is 0.786. The molecule has 1 fully saturated rings. The Hall–Kier alpha value is -1.59. The van der Waals surface area contributed by atoms with Crippen LogP contribution in [0.4, 0.5) is 0 Å². The van der Waals surface area contributed by atoms with Crippen molar-refractivity contribution in [2.45, 2.75) is 52.1 Å². The van der Waals surface area contributed by atoms with Crippen LogP contribution in [-0.4, -0.2) is 41.4 Å². The second-order valence-electron chi connectivity index (χ2n) is 6.17. The van der Waals surface area contributed by atoms with Gasteiger partial charge in [-0.2, -0.15) is 0 Å². The molecule has 1 atom stereocenters. The van der Waals surface area contributed by atoms with Crippen molar-refractivity contribution >= 4 is 17.8 Å². The second kappa shape index (κ2) is 6.72. The van der Waals surface area contributed by atoms with Crippen molar-refractivity contribution in [1.82, 2.24) is 4.90 Å². The van der Waals surface area contributed by atoms with E-state index >= 15 is 0 Å². The average Bonchev–Trinajstić information content (AvgIpc) is 2.34. The minimum absolute atomic E-state index is 0.0633. The maximum Gasteiger partial charge on any atom is 0.306 e. The van der Waals surface area contributed by atoms with Crippen LogP contribution in [0.5, 0.6) is 0 Å². The fourth-order valence-electron chi connectivity index (χ4n) is 2.20. The van der Waals surface area contributed by atoms with E-state index in [-0.39, 0.29) is 36.5 Å². The molecule has 1 unspecified atom stereocenters. The molecule has 0 radical (unpaired) electrons. The molecule has 0 aromatic heterocycles. The molecule has 0 saturated carbocycles. The van der Waals surface area contributed by atoms with Crippen LogP contribution >= 0.6 is 0 Å². The maximum absolute atomic E-state index is 12.0. The number of ether oxygens (including phenoxy) is 1. The number of piperidine rings is 1. The van der Waals surface area contributed by atoms with Crippen molar-refractivity contribution in [2.24, 2.45) is 11.7 Å². The number of likely N-dealkylation sites (tertiary alicyclic amines) is 1. The van der Waals surface area contributed by atoms with E-state index in [1.54, 1.807) is 25.7 Å². The number of hydrogen-bond acceptors (Lipinski definition) is 4. The third-order valence-corrected chi connectivity index (χ3v) is 3.14. The first kappa shape index (κ1) is 16.5. The van der Waals surface area contributed by atoms with Gasteiger partial charge >= 0.3 is 5.97 Å². The highest BCUT2D eigenvalue weighted by Gasteiger charge is 2.27. The van der Waals surface area contributed by atoms with Gasteiger partial charge in [-0.25, -0.2) is 0 Å². The highest BCUT2D eigenvalue weighted by Crippen LogP contribution is 2.17. The predicted octanol–water partition coefficient (Wildman–Crippen LogP) is 0.832. The largest absolute Gasteiger partial charge is 0.460 e. The van der Waals surface area contributed by atoms with E-state index in [0.29, 0.717) is 13.1 Å². The number of carbonyl (C=O) groups excluding carboxylic acids is 3. The SMILES string of the molecule is CC(C)(C)OC(=O)CCC(=O)N1CCCC(C(N)=O)C1. The third-order valence-electron chi connectivity index (χ3n) is 3.14. The first-order valence-electron chi connectivity index (χ1n) is 6.98. The molecule has 1 aliphatic rings. The molecular formula is C14H24N2O4. The monoisotopic (exact) mass is 284 g/mol. The summed E-state index contributed by atoms with van der Waals surface area (Å²) in [5.74, 6) is -1.14. The number of nitrogens with two attached hydrogens (primary N) is 1.